The summed E-state index contributed by atoms with van der Waals surface area (Å²) in [5.74, 6) is -1.33. The summed E-state index contributed by atoms with van der Waals surface area (Å²) in [7, 11) is 0. The Balaban J connectivity index is 1.86. The molecule has 2 unspecified atom stereocenters. The first-order valence-corrected chi connectivity index (χ1v) is 8.64. The van der Waals surface area contributed by atoms with Gasteiger partial charge < -0.3 is 14.9 Å². The number of carboxylic acid groups (broad SMARTS) is 1. The number of carboxylic acids is 1. The van der Waals surface area contributed by atoms with E-state index in [0.717, 1.165) is 49.0 Å². The Kier molecular flexibility index (Phi) is 5.16. The molecule has 1 aliphatic carbocycles. The van der Waals surface area contributed by atoms with Gasteiger partial charge in [0.15, 0.2) is 5.69 Å². The second-order valence-electron chi connectivity index (χ2n) is 6.48. The molecule has 1 aromatic heterocycles. The fourth-order valence-corrected chi connectivity index (χ4v) is 3.25. The van der Waals surface area contributed by atoms with E-state index in [1.54, 1.807) is 6.92 Å². The van der Waals surface area contributed by atoms with E-state index in [1.165, 1.54) is 0 Å². The topological polar surface area (TPSA) is 92.4 Å². The molecule has 6 nitrogen and oxygen atoms in total. The number of carbonyl (C=O) groups excluding carboxylic acids is 1. The van der Waals surface area contributed by atoms with Gasteiger partial charge in [-0.25, -0.2) is 0 Å². The standard InChI is InChI=1S/C19H22N2O4/c1-12(19(23)24)16(13-8-4-2-5-9-13)20-18(22)17-14-10-6-3-7-11-15(14)25-21-17/h2,4-5,8-9,12,16H,3,6-7,10-11H2,1H3,(H,20,22)(H,23,24). The molecule has 0 saturated heterocycles. The largest absolute Gasteiger partial charge is 0.481 e. The van der Waals surface area contributed by atoms with Gasteiger partial charge in [-0.2, -0.15) is 0 Å². The molecule has 2 N–H and O–H groups in total. The molecular formula is C19H22N2O4. The Labute approximate surface area is 146 Å². The third-order valence-corrected chi connectivity index (χ3v) is 4.75. The van der Waals surface area contributed by atoms with Crippen molar-refractivity contribution < 1.29 is 19.2 Å². The monoisotopic (exact) mass is 342 g/mol. The lowest BCUT2D eigenvalue weighted by molar-refractivity contribution is -0.142. The van der Waals surface area contributed by atoms with Crippen LogP contribution in [0.15, 0.2) is 34.9 Å². The Morgan fingerprint density at radius 1 is 1.16 bits per heavy atom. The Morgan fingerprint density at radius 3 is 2.60 bits per heavy atom. The lowest BCUT2D eigenvalue weighted by atomic mass is 9.94. The quantitative estimate of drug-likeness (QED) is 0.814. The van der Waals surface area contributed by atoms with Crippen molar-refractivity contribution in [3.8, 4) is 0 Å². The first-order valence-electron chi connectivity index (χ1n) is 8.64. The number of amides is 1. The van der Waals surface area contributed by atoms with Crippen molar-refractivity contribution in [2.24, 2.45) is 5.92 Å². The Bertz CT molecular complexity index is 754. The summed E-state index contributed by atoms with van der Waals surface area (Å²) in [4.78, 5) is 24.2. The maximum Gasteiger partial charge on any atom is 0.308 e. The third-order valence-electron chi connectivity index (χ3n) is 4.75. The van der Waals surface area contributed by atoms with Crippen LogP contribution in [0, 0.1) is 5.92 Å². The van der Waals surface area contributed by atoms with Crippen LogP contribution in [0.4, 0.5) is 0 Å². The van der Waals surface area contributed by atoms with Crippen molar-refractivity contribution in [2.75, 3.05) is 0 Å². The van der Waals surface area contributed by atoms with E-state index in [1.807, 2.05) is 30.3 Å². The molecule has 1 heterocycles. The van der Waals surface area contributed by atoms with Crippen LogP contribution >= 0.6 is 0 Å². The van der Waals surface area contributed by atoms with E-state index >= 15 is 0 Å². The van der Waals surface area contributed by atoms with E-state index in [4.69, 9.17) is 4.52 Å². The van der Waals surface area contributed by atoms with Crippen molar-refractivity contribution in [3.05, 3.63) is 52.9 Å². The molecule has 2 aromatic rings. The molecule has 25 heavy (non-hydrogen) atoms. The van der Waals surface area contributed by atoms with Crippen LogP contribution in [0.25, 0.3) is 0 Å². The number of hydrogen-bond donors (Lipinski definition) is 2. The molecular weight excluding hydrogens is 320 g/mol. The maximum absolute atomic E-state index is 12.8. The summed E-state index contributed by atoms with van der Waals surface area (Å²) in [6.07, 6.45) is 4.71. The number of fused-ring (bicyclic) bond motifs is 1. The van der Waals surface area contributed by atoms with E-state index in [2.05, 4.69) is 10.5 Å². The summed E-state index contributed by atoms with van der Waals surface area (Å²) in [6, 6.07) is 8.49. The van der Waals surface area contributed by atoms with Crippen LogP contribution in [-0.4, -0.2) is 22.1 Å². The molecule has 2 atom stereocenters. The average Bonchev–Trinajstić information content (AvgIpc) is 2.88. The minimum absolute atomic E-state index is 0.287. The molecule has 6 heteroatoms. The lowest BCUT2D eigenvalue weighted by Gasteiger charge is -2.22. The number of aromatic nitrogens is 1. The normalized spacial score (nSPS) is 16.4. The highest BCUT2D eigenvalue weighted by atomic mass is 16.5. The lowest BCUT2D eigenvalue weighted by Crippen LogP contribution is -2.36. The molecule has 1 aliphatic rings. The van der Waals surface area contributed by atoms with Gasteiger partial charge in [0.05, 0.1) is 12.0 Å². The number of aryl methyl sites for hydroxylation is 1. The fraction of sp³-hybridized carbons (Fsp3) is 0.421. The smallest absolute Gasteiger partial charge is 0.308 e. The number of nitrogens with one attached hydrogen (secondary N) is 1. The first-order chi connectivity index (χ1) is 12.1. The van der Waals surface area contributed by atoms with Gasteiger partial charge in [0.2, 0.25) is 0 Å². The van der Waals surface area contributed by atoms with Gasteiger partial charge in [-0.3, -0.25) is 9.59 Å². The molecule has 132 valence electrons. The molecule has 0 spiro atoms. The average molecular weight is 342 g/mol. The van der Waals surface area contributed by atoms with Crippen molar-refractivity contribution >= 4 is 11.9 Å². The Hall–Kier alpha value is -2.63. The predicted octanol–water partition coefficient (Wildman–Crippen LogP) is 3.14. The summed E-state index contributed by atoms with van der Waals surface area (Å²) in [5.41, 5.74) is 1.90. The SMILES string of the molecule is CC(C(=O)O)C(NC(=O)c1noc2c1CCCCC2)c1ccccc1. The molecule has 0 bridgehead atoms. The molecule has 1 amide bonds. The van der Waals surface area contributed by atoms with Gasteiger partial charge in [-0.1, -0.05) is 41.9 Å². The van der Waals surface area contributed by atoms with Crippen LogP contribution in [0.3, 0.4) is 0 Å². The summed E-state index contributed by atoms with van der Waals surface area (Å²) in [5, 5.41) is 16.2. The van der Waals surface area contributed by atoms with Crippen molar-refractivity contribution in [1.82, 2.24) is 10.5 Å². The summed E-state index contributed by atoms with van der Waals surface area (Å²) in [6.45, 7) is 1.59. The van der Waals surface area contributed by atoms with Crippen LogP contribution < -0.4 is 5.32 Å². The molecule has 0 fully saturated rings. The number of carbonyl (C=O) groups is 2. The van der Waals surface area contributed by atoms with Gasteiger partial charge in [0, 0.05) is 12.0 Å². The minimum Gasteiger partial charge on any atom is -0.481 e. The summed E-state index contributed by atoms with van der Waals surface area (Å²) < 4.78 is 5.36. The maximum atomic E-state index is 12.8. The summed E-state index contributed by atoms with van der Waals surface area (Å²) >= 11 is 0. The number of rotatable bonds is 5. The molecule has 1 aromatic carbocycles. The Morgan fingerprint density at radius 2 is 1.88 bits per heavy atom. The van der Waals surface area contributed by atoms with Gasteiger partial charge in [-0.15, -0.1) is 0 Å². The van der Waals surface area contributed by atoms with Crippen LogP contribution in [0.2, 0.25) is 0 Å². The fourth-order valence-electron chi connectivity index (χ4n) is 3.25. The second kappa shape index (κ2) is 7.51. The molecule has 3 rings (SSSR count). The minimum atomic E-state index is -0.965. The van der Waals surface area contributed by atoms with Gasteiger partial charge in [-0.05, 0) is 31.7 Å². The number of nitrogens with zero attached hydrogens (tertiary/aromatic N) is 1. The number of benzene rings is 1. The van der Waals surface area contributed by atoms with Gasteiger partial charge in [0.25, 0.3) is 5.91 Å². The van der Waals surface area contributed by atoms with E-state index in [0.29, 0.717) is 0 Å². The highest BCUT2D eigenvalue weighted by Crippen LogP contribution is 2.26. The van der Waals surface area contributed by atoms with Gasteiger partial charge >= 0.3 is 5.97 Å². The van der Waals surface area contributed by atoms with Gasteiger partial charge in [0.1, 0.15) is 5.76 Å². The molecule has 0 saturated carbocycles. The number of aliphatic carboxylic acids is 1. The second-order valence-corrected chi connectivity index (χ2v) is 6.48. The van der Waals surface area contributed by atoms with Crippen LogP contribution in [0.1, 0.15) is 59.6 Å². The van der Waals surface area contributed by atoms with Crippen molar-refractivity contribution in [2.45, 2.75) is 45.1 Å². The number of hydrogen-bond acceptors (Lipinski definition) is 4. The zero-order chi connectivity index (χ0) is 17.8. The molecule has 0 radical (unpaired) electrons. The van der Waals surface area contributed by atoms with Crippen LogP contribution in [0.5, 0.6) is 0 Å². The molecule has 0 aliphatic heterocycles. The van der Waals surface area contributed by atoms with E-state index in [9.17, 15) is 14.7 Å². The van der Waals surface area contributed by atoms with E-state index in [-0.39, 0.29) is 11.6 Å². The van der Waals surface area contributed by atoms with Crippen molar-refractivity contribution in [1.29, 1.82) is 0 Å². The zero-order valence-electron chi connectivity index (χ0n) is 14.2. The van der Waals surface area contributed by atoms with Crippen LogP contribution in [-0.2, 0) is 17.6 Å². The zero-order valence-corrected chi connectivity index (χ0v) is 14.2. The third kappa shape index (κ3) is 3.73. The van der Waals surface area contributed by atoms with Crippen molar-refractivity contribution in [3.63, 3.8) is 0 Å². The highest BCUT2D eigenvalue weighted by molar-refractivity contribution is 5.94. The first kappa shape index (κ1) is 17.2. The highest BCUT2D eigenvalue weighted by Gasteiger charge is 2.30. The van der Waals surface area contributed by atoms with E-state index < -0.39 is 17.9 Å². The predicted molar refractivity (Wildman–Crippen MR) is 91.2 cm³/mol.